The zero-order valence-electron chi connectivity index (χ0n) is 8.63. The highest BCUT2D eigenvalue weighted by atomic mass is 32.1. The minimum Gasteiger partial charge on any atom is -0.298 e. The fourth-order valence-corrected chi connectivity index (χ4v) is 1.67. The predicted molar refractivity (Wildman–Crippen MR) is 59.5 cm³/mol. The van der Waals surface area contributed by atoms with Crippen molar-refractivity contribution in [2.24, 2.45) is 0 Å². The highest BCUT2D eigenvalue weighted by Crippen LogP contribution is 2.17. The van der Waals surface area contributed by atoms with Crippen molar-refractivity contribution >= 4 is 22.4 Å². The molecule has 1 rings (SSSR count). The van der Waals surface area contributed by atoms with Crippen molar-refractivity contribution in [1.29, 1.82) is 0 Å². The number of carbonyl (C=O) groups is 1. The number of hydrogen-bond donors (Lipinski definition) is 1. The Hall–Kier alpha value is -1.16. The minimum atomic E-state index is -0.0683. The summed E-state index contributed by atoms with van der Waals surface area (Å²) >= 11 is 1.48. The van der Waals surface area contributed by atoms with Gasteiger partial charge in [-0.2, -0.15) is 0 Å². The Balaban J connectivity index is 2.61. The van der Waals surface area contributed by atoms with E-state index in [-0.39, 0.29) is 5.91 Å². The molecule has 0 unspecified atom stereocenters. The first-order chi connectivity index (χ1) is 6.63. The minimum absolute atomic E-state index is 0.0683. The lowest BCUT2D eigenvalue weighted by Crippen LogP contribution is -2.12. The van der Waals surface area contributed by atoms with E-state index in [9.17, 15) is 4.79 Å². The van der Waals surface area contributed by atoms with E-state index in [1.165, 1.54) is 11.3 Å². The molecule has 1 heterocycles. The van der Waals surface area contributed by atoms with Crippen LogP contribution in [0, 0.1) is 6.92 Å². The summed E-state index contributed by atoms with van der Waals surface area (Å²) in [5.41, 5.74) is 0.736. The van der Waals surface area contributed by atoms with E-state index in [1.807, 2.05) is 19.9 Å². The summed E-state index contributed by atoms with van der Waals surface area (Å²) in [5, 5.41) is 3.41. The lowest BCUT2D eigenvalue weighted by molar-refractivity contribution is -0.112. The number of hydrogen-bond acceptors (Lipinski definition) is 3. The number of amides is 1. The van der Waals surface area contributed by atoms with Gasteiger partial charge in [0.2, 0.25) is 0 Å². The van der Waals surface area contributed by atoms with E-state index in [1.54, 1.807) is 13.1 Å². The third-order valence-corrected chi connectivity index (χ3v) is 2.54. The number of thiazole rings is 1. The molecule has 0 spiro atoms. The van der Waals surface area contributed by atoms with Crippen LogP contribution in [0.3, 0.4) is 0 Å². The molecule has 0 aliphatic rings. The van der Waals surface area contributed by atoms with Crippen LogP contribution >= 0.6 is 11.3 Å². The molecule has 0 fully saturated rings. The Bertz CT molecular complexity index is 355. The third kappa shape index (κ3) is 2.96. The van der Waals surface area contributed by atoms with E-state index in [2.05, 4.69) is 10.3 Å². The van der Waals surface area contributed by atoms with Crippen LogP contribution in [-0.2, 0) is 4.79 Å². The maximum Gasteiger partial charge on any atom is 0.252 e. The number of nitrogens with zero attached hydrogens (tertiary/aromatic N) is 1. The molecule has 0 radical (unpaired) electrons. The van der Waals surface area contributed by atoms with Crippen molar-refractivity contribution in [1.82, 2.24) is 4.98 Å². The molecule has 1 N–H and O–H groups in total. The summed E-state index contributed by atoms with van der Waals surface area (Å²) in [6.07, 6.45) is 4.52. The highest BCUT2D eigenvalue weighted by molar-refractivity contribution is 7.15. The van der Waals surface area contributed by atoms with Crippen molar-refractivity contribution in [2.75, 3.05) is 5.32 Å². The number of aryl methyl sites for hydroxylation is 1. The molecule has 0 atom stereocenters. The van der Waals surface area contributed by atoms with Crippen LogP contribution in [0.5, 0.6) is 0 Å². The van der Waals surface area contributed by atoms with E-state index >= 15 is 0 Å². The maximum absolute atomic E-state index is 11.5. The van der Waals surface area contributed by atoms with Crippen LogP contribution in [-0.4, -0.2) is 10.9 Å². The van der Waals surface area contributed by atoms with Crippen LogP contribution in [0.15, 0.2) is 17.8 Å². The Morgan fingerprint density at radius 3 is 2.93 bits per heavy atom. The Labute approximate surface area is 87.9 Å². The average molecular weight is 210 g/mol. The van der Waals surface area contributed by atoms with Gasteiger partial charge in [0, 0.05) is 16.6 Å². The zero-order chi connectivity index (χ0) is 10.6. The molecule has 76 valence electrons. The van der Waals surface area contributed by atoms with E-state index < -0.39 is 0 Å². The number of rotatable bonds is 3. The molecule has 0 aromatic carbocycles. The summed E-state index contributed by atoms with van der Waals surface area (Å²) < 4.78 is 0. The summed E-state index contributed by atoms with van der Waals surface area (Å²) in [6.45, 7) is 5.77. The van der Waals surface area contributed by atoms with Crippen LogP contribution in [0.2, 0.25) is 0 Å². The molecule has 0 aliphatic carbocycles. The second kappa shape index (κ2) is 4.91. The van der Waals surface area contributed by atoms with Gasteiger partial charge in [-0.3, -0.25) is 10.1 Å². The van der Waals surface area contributed by atoms with Crippen molar-refractivity contribution in [3.05, 3.63) is 22.7 Å². The van der Waals surface area contributed by atoms with Gasteiger partial charge in [-0.15, -0.1) is 11.3 Å². The standard InChI is InChI=1S/C10H14N2OS/c1-4-5-7(2)9(13)12-10-11-6-8(3)14-10/h5-6H,4H2,1-3H3,(H,11,12,13). The smallest absolute Gasteiger partial charge is 0.252 e. The van der Waals surface area contributed by atoms with Gasteiger partial charge in [0.25, 0.3) is 5.91 Å². The second-order valence-electron chi connectivity index (χ2n) is 3.03. The second-order valence-corrected chi connectivity index (χ2v) is 4.26. The number of nitrogens with one attached hydrogen (secondary N) is 1. The largest absolute Gasteiger partial charge is 0.298 e. The first kappa shape index (κ1) is 10.9. The first-order valence-corrected chi connectivity index (χ1v) is 5.35. The molecule has 1 aromatic heterocycles. The number of carbonyl (C=O) groups excluding carboxylic acids is 1. The fourth-order valence-electron chi connectivity index (χ4n) is 1.01. The van der Waals surface area contributed by atoms with Crippen LogP contribution < -0.4 is 5.32 Å². The predicted octanol–water partition coefficient (Wildman–Crippen LogP) is 2.75. The normalized spacial score (nSPS) is 11.5. The van der Waals surface area contributed by atoms with Gasteiger partial charge in [0.1, 0.15) is 0 Å². The van der Waals surface area contributed by atoms with Gasteiger partial charge in [-0.1, -0.05) is 13.0 Å². The lowest BCUT2D eigenvalue weighted by Gasteiger charge is -2.00. The quantitative estimate of drug-likeness (QED) is 0.779. The first-order valence-electron chi connectivity index (χ1n) is 4.54. The molecular weight excluding hydrogens is 196 g/mol. The van der Waals surface area contributed by atoms with Crippen molar-refractivity contribution < 1.29 is 4.79 Å². The molecule has 4 heteroatoms. The lowest BCUT2D eigenvalue weighted by atomic mass is 10.2. The van der Waals surface area contributed by atoms with Gasteiger partial charge < -0.3 is 0 Å². The molecule has 14 heavy (non-hydrogen) atoms. The summed E-state index contributed by atoms with van der Waals surface area (Å²) in [6, 6.07) is 0. The van der Waals surface area contributed by atoms with Crippen LogP contribution in [0.4, 0.5) is 5.13 Å². The van der Waals surface area contributed by atoms with Gasteiger partial charge in [-0.05, 0) is 20.3 Å². The van der Waals surface area contributed by atoms with E-state index in [0.29, 0.717) is 5.13 Å². The van der Waals surface area contributed by atoms with Gasteiger partial charge in [0.15, 0.2) is 5.13 Å². The number of allylic oxidation sites excluding steroid dienone is 1. The van der Waals surface area contributed by atoms with Crippen molar-refractivity contribution in [3.8, 4) is 0 Å². The molecule has 0 bridgehead atoms. The molecular formula is C10H14N2OS. The van der Waals surface area contributed by atoms with Gasteiger partial charge >= 0.3 is 0 Å². The Morgan fingerprint density at radius 2 is 2.43 bits per heavy atom. The monoisotopic (exact) mass is 210 g/mol. The number of anilines is 1. The van der Waals surface area contributed by atoms with E-state index in [4.69, 9.17) is 0 Å². The molecule has 1 aromatic rings. The molecule has 0 saturated heterocycles. The van der Waals surface area contributed by atoms with Crippen LogP contribution in [0.1, 0.15) is 25.1 Å². The van der Waals surface area contributed by atoms with Crippen molar-refractivity contribution in [3.63, 3.8) is 0 Å². The maximum atomic E-state index is 11.5. The molecule has 3 nitrogen and oxygen atoms in total. The van der Waals surface area contributed by atoms with Gasteiger partial charge in [-0.25, -0.2) is 4.98 Å². The molecule has 0 aliphatic heterocycles. The molecule has 0 saturated carbocycles. The fraction of sp³-hybridized carbons (Fsp3) is 0.400. The van der Waals surface area contributed by atoms with E-state index in [0.717, 1.165) is 16.9 Å². The van der Waals surface area contributed by atoms with Crippen LogP contribution in [0.25, 0.3) is 0 Å². The zero-order valence-corrected chi connectivity index (χ0v) is 9.44. The Kier molecular flexibility index (Phi) is 3.83. The SMILES string of the molecule is CCC=C(C)C(=O)Nc1ncc(C)s1. The topological polar surface area (TPSA) is 42.0 Å². The average Bonchev–Trinajstić information content (AvgIpc) is 2.51. The third-order valence-electron chi connectivity index (χ3n) is 1.71. The summed E-state index contributed by atoms with van der Waals surface area (Å²) in [7, 11) is 0. The summed E-state index contributed by atoms with van der Waals surface area (Å²) in [4.78, 5) is 16.7. The van der Waals surface area contributed by atoms with Gasteiger partial charge in [0.05, 0.1) is 0 Å². The highest BCUT2D eigenvalue weighted by Gasteiger charge is 2.06. The number of aromatic nitrogens is 1. The molecule has 1 amide bonds. The summed E-state index contributed by atoms with van der Waals surface area (Å²) in [5.74, 6) is -0.0683. The Morgan fingerprint density at radius 1 is 1.71 bits per heavy atom. The van der Waals surface area contributed by atoms with Crippen molar-refractivity contribution in [2.45, 2.75) is 27.2 Å².